The van der Waals surface area contributed by atoms with E-state index < -0.39 is 29.4 Å². The van der Waals surface area contributed by atoms with Crippen molar-refractivity contribution in [3.63, 3.8) is 0 Å². The van der Waals surface area contributed by atoms with Crippen LogP contribution in [0.4, 0.5) is 5.69 Å². The number of aliphatic hydroxyl groups excluding tert-OH is 1. The standard InChI is InChI=1S/C35H60N4O6/c1-8-35(9-2,34(37)43)21-38-33(42)27(23(5)6)20-30(40)28(36)16-26(22(3)4)19-32(41)39-29-17-24-12-10-13-25(24)18-31(29)45-15-11-14-44-7/h17-18,22-23,26-28,30,40H,8-16,19-21,36H2,1-7H3,(H2,37,43)(H,38,42)(H,39,41)/t26-,27+,28+,30+/m1/s1. The molecule has 3 amide bonds. The van der Waals surface area contributed by atoms with Gasteiger partial charge in [0.1, 0.15) is 5.75 Å². The van der Waals surface area contributed by atoms with Gasteiger partial charge in [-0.3, -0.25) is 14.4 Å². The molecule has 1 aromatic carbocycles. The predicted molar refractivity (Wildman–Crippen MR) is 179 cm³/mol. The lowest BCUT2D eigenvalue weighted by molar-refractivity contribution is -0.131. The van der Waals surface area contributed by atoms with Crippen molar-refractivity contribution in [2.45, 2.75) is 111 Å². The molecule has 0 aromatic heterocycles. The second-order valence-corrected chi connectivity index (χ2v) is 13.5. The molecule has 0 aliphatic heterocycles. The van der Waals surface area contributed by atoms with E-state index in [4.69, 9.17) is 20.9 Å². The maximum absolute atomic E-state index is 13.3. The van der Waals surface area contributed by atoms with Crippen molar-refractivity contribution in [1.82, 2.24) is 5.32 Å². The van der Waals surface area contributed by atoms with Crippen LogP contribution in [-0.2, 0) is 32.0 Å². The van der Waals surface area contributed by atoms with Crippen LogP contribution in [0.5, 0.6) is 5.75 Å². The van der Waals surface area contributed by atoms with E-state index in [0.29, 0.717) is 43.9 Å². The van der Waals surface area contributed by atoms with Crippen LogP contribution in [0.2, 0.25) is 0 Å². The molecule has 0 fully saturated rings. The number of aryl methyl sites for hydroxylation is 2. The molecule has 0 radical (unpaired) electrons. The first-order chi connectivity index (χ1) is 21.3. The molecule has 0 unspecified atom stereocenters. The minimum Gasteiger partial charge on any atom is -0.491 e. The van der Waals surface area contributed by atoms with Crippen LogP contribution in [-0.4, -0.2) is 61.8 Å². The number of carbonyl (C=O) groups excluding carboxylic acids is 3. The Kier molecular flexibility index (Phi) is 15.8. The van der Waals surface area contributed by atoms with Crippen LogP contribution in [0.25, 0.3) is 0 Å². The molecule has 1 aliphatic rings. The maximum Gasteiger partial charge on any atom is 0.225 e. The van der Waals surface area contributed by atoms with E-state index in [9.17, 15) is 19.5 Å². The normalized spacial score (nSPS) is 15.8. The highest BCUT2D eigenvalue weighted by atomic mass is 16.5. The van der Waals surface area contributed by atoms with Crippen molar-refractivity contribution in [3.8, 4) is 5.75 Å². The maximum atomic E-state index is 13.3. The fourth-order valence-electron chi connectivity index (χ4n) is 6.18. The highest BCUT2D eigenvalue weighted by molar-refractivity contribution is 5.92. The molecule has 2 rings (SSSR count). The first kappa shape index (κ1) is 38.5. The number of carbonyl (C=O) groups is 3. The van der Waals surface area contributed by atoms with Crippen LogP contribution in [0.15, 0.2) is 12.1 Å². The summed E-state index contributed by atoms with van der Waals surface area (Å²) < 4.78 is 11.2. The van der Waals surface area contributed by atoms with Crippen LogP contribution in [0, 0.1) is 29.1 Å². The molecule has 0 saturated carbocycles. The van der Waals surface area contributed by atoms with Gasteiger partial charge in [0.2, 0.25) is 17.7 Å². The largest absolute Gasteiger partial charge is 0.491 e. The number of hydrogen-bond donors (Lipinski definition) is 5. The number of ether oxygens (including phenoxy) is 2. The third-order valence-electron chi connectivity index (χ3n) is 9.79. The van der Waals surface area contributed by atoms with E-state index in [2.05, 4.69) is 16.7 Å². The van der Waals surface area contributed by atoms with Gasteiger partial charge in [-0.2, -0.15) is 0 Å². The molecule has 4 atom stereocenters. The summed E-state index contributed by atoms with van der Waals surface area (Å²) in [5, 5.41) is 17.1. The smallest absolute Gasteiger partial charge is 0.225 e. The van der Waals surface area contributed by atoms with Gasteiger partial charge in [-0.15, -0.1) is 0 Å². The molecule has 1 aromatic rings. The number of rotatable bonds is 21. The van der Waals surface area contributed by atoms with E-state index in [1.54, 1.807) is 7.11 Å². The number of anilines is 1. The minimum absolute atomic E-state index is 0.0528. The average molecular weight is 633 g/mol. The summed E-state index contributed by atoms with van der Waals surface area (Å²) in [5.74, 6) is -0.576. The Hall–Kier alpha value is -2.69. The van der Waals surface area contributed by atoms with Crippen molar-refractivity contribution in [1.29, 1.82) is 0 Å². The molecule has 0 spiro atoms. The van der Waals surface area contributed by atoms with Gasteiger partial charge in [0.25, 0.3) is 0 Å². The summed E-state index contributed by atoms with van der Waals surface area (Å²) in [7, 11) is 1.66. The first-order valence-electron chi connectivity index (χ1n) is 16.9. The number of methoxy groups -OCH3 is 1. The number of aliphatic hydroxyl groups is 1. The monoisotopic (exact) mass is 632 g/mol. The van der Waals surface area contributed by atoms with Gasteiger partial charge in [-0.25, -0.2) is 0 Å². The molecular weight excluding hydrogens is 572 g/mol. The highest BCUT2D eigenvalue weighted by Crippen LogP contribution is 2.34. The molecule has 45 heavy (non-hydrogen) atoms. The van der Waals surface area contributed by atoms with E-state index >= 15 is 0 Å². The number of nitrogens with two attached hydrogens (primary N) is 2. The first-order valence-corrected chi connectivity index (χ1v) is 16.9. The summed E-state index contributed by atoms with van der Waals surface area (Å²) in [4.78, 5) is 38.6. The molecule has 10 nitrogen and oxygen atoms in total. The zero-order chi connectivity index (χ0) is 33.7. The zero-order valence-corrected chi connectivity index (χ0v) is 28.7. The minimum atomic E-state index is -0.936. The van der Waals surface area contributed by atoms with Gasteiger partial charge in [0.05, 0.1) is 23.8 Å². The fraction of sp³-hybridized carbons (Fsp3) is 0.743. The van der Waals surface area contributed by atoms with Gasteiger partial charge in [0, 0.05) is 45.1 Å². The summed E-state index contributed by atoms with van der Waals surface area (Å²) in [6.07, 6.45) is 4.82. The Bertz CT molecular complexity index is 1100. The molecule has 256 valence electrons. The van der Waals surface area contributed by atoms with Gasteiger partial charge in [-0.05, 0) is 86.0 Å². The Morgan fingerprint density at radius 1 is 1.00 bits per heavy atom. The van der Waals surface area contributed by atoms with E-state index in [1.807, 2.05) is 47.6 Å². The Balaban J connectivity index is 2.04. The van der Waals surface area contributed by atoms with Crippen molar-refractivity contribution in [2.24, 2.45) is 40.6 Å². The Morgan fingerprint density at radius 2 is 1.64 bits per heavy atom. The lowest BCUT2D eigenvalue weighted by Crippen LogP contribution is -2.48. The molecule has 0 heterocycles. The third kappa shape index (κ3) is 11.3. The lowest BCUT2D eigenvalue weighted by atomic mass is 9.80. The average Bonchev–Trinajstić information content (AvgIpc) is 3.45. The quantitative estimate of drug-likeness (QED) is 0.126. The number of benzene rings is 1. The lowest BCUT2D eigenvalue weighted by Gasteiger charge is -2.31. The van der Waals surface area contributed by atoms with Crippen LogP contribution < -0.4 is 26.8 Å². The van der Waals surface area contributed by atoms with E-state index in [1.165, 1.54) is 11.1 Å². The van der Waals surface area contributed by atoms with Crippen LogP contribution in [0.1, 0.15) is 97.6 Å². The molecule has 10 heteroatoms. The van der Waals surface area contributed by atoms with Crippen molar-refractivity contribution in [3.05, 3.63) is 23.3 Å². The van der Waals surface area contributed by atoms with Crippen LogP contribution in [0.3, 0.4) is 0 Å². The second-order valence-electron chi connectivity index (χ2n) is 13.5. The topological polar surface area (TPSA) is 166 Å². The van der Waals surface area contributed by atoms with E-state index in [-0.39, 0.29) is 49.0 Å². The van der Waals surface area contributed by atoms with Gasteiger partial charge < -0.3 is 36.7 Å². The molecule has 0 saturated heterocycles. The van der Waals surface area contributed by atoms with Crippen molar-refractivity contribution >= 4 is 23.4 Å². The summed E-state index contributed by atoms with van der Waals surface area (Å²) >= 11 is 0. The molecule has 0 bridgehead atoms. The summed E-state index contributed by atoms with van der Waals surface area (Å²) in [6.45, 7) is 13.0. The second kappa shape index (κ2) is 18.5. The fourth-order valence-corrected chi connectivity index (χ4v) is 6.18. The zero-order valence-electron chi connectivity index (χ0n) is 28.7. The summed E-state index contributed by atoms with van der Waals surface area (Å²) in [5.41, 5.74) is 14.6. The van der Waals surface area contributed by atoms with Crippen molar-refractivity contribution < 1.29 is 29.0 Å². The Labute approximate surface area is 270 Å². The van der Waals surface area contributed by atoms with Gasteiger partial charge in [-0.1, -0.05) is 41.5 Å². The van der Waals surface area contributed by atoms with Crippen molar-refractivity contribution in [2.75, 3.05) is 32.2 Å². The highest BCUT2D eigenvalue weighted by Gasteiger charge is 2.35. The van der Waals surface area contributed by atoms with E-state index in [0.717, 1.165) is 25.7 Å². The molecular formula is C35H60N4O6. The number of primary amides is 1. The number of amides is 3. The predicted octanol–water partition coefficient (Wildman–Crippen LogP) is 4.34. The molecule has 1 aliphatic carbocycles. The van der Waals surface area contributed by atoms with Crippen LogP contribution >= 0.6 is 0 Å². The molecule has 7 N–H and O–H groups in total. The number of fused-ring (bicyclic) bond motifs is 1. The third-order valence-corrected chi connectivity index (χ3v) is 9.79. The Morgan fingerprint density at radius 3 is 2.20 bits per heavy atom. The SMILES string of the molecule is CCC(CC)(CNC(=O)[C@@H](C[C@H](O)[C@@H](N)C[C@H](CC(=O)Nc1cc2c(cc1OCCCOC)CCC2)C(C)C)C(C)C)C(N)=O. The summed E-state index contributed by atoms with van der Waals surface area (Å²) in [6, 6.07) is 3.48. The van der Waals surface area contributed by atoms with Gasteiger partial charge >= 0.3 is 0 Å². The van der Waals surface area contributed by atoms with Gasteiger partial charge in [0.15, 0.2) is 0 Å². The number of nitrogens with one attached hydrogen (secondary N) is 2. The number of hydrogen-bond acceptors (Lipinski definition) is 7.